The maximum absolute atomic E-state index is 5.41. The van der Waals surface area contributed by atoms with Crippen LogP contribution >= 0.6 is 0 Å². The first-order valence-corrected chi connectivity index (χ1v) is 7.77. The Bertz CT molecular complexity index is 813. The highest BCUT2D eigenvalue weighted by Crippen LogP contribution is 2.30. The fourth-order valence-corrected chi connectivity index (χ4v) is 2.67. The van der Waals surface area contributed by atoms with E-state index in [1.807, 2.05) is 37.5 Å². The predicted molar refractivity (Wildman–Crippen MR) is 94.2 cm³/mol. The highest BCUT2D eigenvalue weighted by Gasteiger charge is 2.09. The van der Waals surface area contributed by atoms with Crippen LogP contribution in [0, 0.1) is 13.8 Å². The molecular formula is C19H21N3O. The molecule has 0 saturated carbocycles. The Balaban J connectivity index is 1.82. The fourth-order valence-electron chi connectivity index (χ4n) is 2.67. The molecule has 1 N–H and O–H groups in total. The SMILES string of the molecule is COc1cccc2c(NCCc3ccc(C)nc3)c(C)cnc12. The van der Waals surface area contributed by atoms with Crippen LogP contribution in [0.5, 0.6) is 5.75 Å². The molecule has 1 aromatic carbocycles. The molecule has 2 aromatic heterocycles. The zero-order valence-electron chi connectivity index (χ0n) is 13.8. The van der Waals surface area contributed by atoms with Crippen molar-refractivity contribution >= 4 is 16.6 Å². The van der Waals surface area contributed by atoms with Gasteiger partial charge in [0.1, 0.15) is 11.3 Å². The van der Waals surface area contributed by atoms with Gasteiger partial charge in [0.2, 0.25) is 0 Å². The van der Waals surface area contributed by atoms with Crippen LogP contribution in [0.4, 0.5) is 5.69 Å². The van der Waals surface area contributed by atoms with Crippen molar-refractivity contribution in [3.63, 3.8) is 0 Å². The minimum atomic E-state index is 0.799. The summed E-state index contributed by atoms with van der Waals surface area (Å²) in [6.07, 6.45) is 4.76. The first-order chi connectivity index (χ1) is 11.2. The summed E-state index contributed by atoms with van der Waals surface area (Å²) in [5.41, 5.74) is 5.42. The van der Waals surface area contributed by atoms with E-state index in [9.17, 15) is 0 Å². The largest absolute Gasteiger partial charge is 0.494 e. The second-order valence-electron chi connectivity index (χ2n) is 5.66. The van der Waals surface area contributed by atoms with Crippen molar-refractivity contribution in [3.05, 3.63) is 59.5 Å². The third-order valence-electron chi connectivity index (χ3n) is 3.96. The highest BCUT2D eigenvalue weighted by atomic mass is 16.5. The van der Waals surface area contributed by atoms with Crippen molar-refractivity contribution in [2.24, 2.45) is 0 Å². The summed E-state index contributed by atoms with van der Waals surface area (Å²) in [6, 6.07) is 10.2. The Hall–Kier alpha value is -2.62. The molecule has 0 fully saturated rings. The Kier molecular flexibility index (Phi) is 4.42. The summed E-state index contributed by atoms with van der Waals surface area (Å²) in [6.45, 7) is 4.92. The third kappa shape index (κ3) is 3.26. The normalized spacial score (nSPS) is 10.7. The molecule has 0 bridgehead atoms. The number of ether oxygens (including phenoxy) is 1. The number of anilines is 1. The first-order valence-electron chi connectivity index (χ1n) is 7.77. The summed E-state index contributed by atoms with van der Waals surface area (Å²) in [5.74, 6) is 0.799. The molecule has 0 aliphatic heterocycles. The number of benzene rings is 1. The molecule has 0 atom stereocenters. The predicted octanol–water partition coefficient (Wildman–Crippen LogP) is 3.91. The Labute approximate surface area is 136 Å². The molecule has 0 radical (unpaired) electrons. The molecule has 0 spiro atoms. The molecule has 0 unspecified atom stereocenters. The van der Waals surface area contributed by atoms with Crippen LogP contribution < -0.4 is 10.1 Å². The Morgan fingerprint density at radius 1 is 1.04 bits per heavy atom. The third-order valence-corrected chi connectivity index (χ3v) is 3.96. The van der Waals surface area contributed by atoms with Crippen LogP contribution in [0.1, 0.15) is 16.8 Å². The zero-order valence-corrected chi connectivity index (χ0v) is 13.8. The van der Waals surface area contributed by atoms with E-state index in [0.717, 1.165) is 46.6 Å². The first kappa shape index (κ1) is 15.3. The Morgan fingerprint density at radius 2 is 1.91 bits per heavy atom. The second-order valence-corrected chi connectivity index (χ2v) is 5.66. The van der Waals surface area contributed by atoms with Gasteiger partial charge >= 0.3 is 0 Å². The van der Waals surface area contributed by atoms with Gasteiger partial charge in [0.25, 0.3) is 0 Å². The van der Waals surface area contributed by atoms with Crippen LogP contribution in [0.25, 0.3) is 10.9 Å². The topological polar surface area (TPSA) is 47.0 Å². The lowest BCUT2D eigenvalue weighted by Gasteiger charge is -2.14. The maximum Gasteiger partial charge on any atom is 0.145 e. The van der Waals surface area contributed by atoms with Gasteiger partial charge in [-0.05, 0) is 43.5 Å². The lowest BCUT2D eigenvalue weighted by molar-refractivity contribution is 0.419. The minimum absolute atomic E-state index is 0.799. The number of nitrogens with one attached hydrogen (secondary N) is 1. The van der Waals surface area contributed by atoms with Crippen molar-refractivity contribution in [2.75, 3.05) is 19.0 Å². The van der Waals surface area contributed by atoms with E-state index in [0.29, 0.717) is 0 Å². The average molecular weight is 307 g/mol. The van der Waals surface area contributed by atoms with Crippen molar-refractivity contribution in [1.29, 1.82) is 0 Å². The van der Waals surface area contributed by atoms with Gasteiger partial charge in [-0.1, -0.05) is 18.2 Å². The number of pyridine rings is 2. The number of nitrogens with zero attached hydrogens (tertiary/aromatic N) is 2. The van der Waals surface area contributed by atoms with E-state index in [2.05, 4.69) is 34.3 Å². The highest BCUT2D eigenvalue weighted by molar-refractivity contribution is 5.96. The monoisotopic (exact) mass is 307 g/mol. The number of aryl methyl sites for hydroxylation is 2. The van der Waals surface area contributed by atoms with E-state index >= 15 is 0 Å². The van der Waals surface area contributed by atoms with Gasteiger partial charge in [0.05, 0.1) is 7.11 Å². The van der Waals surface area contributed by atoms with E-state index in [1.54, 1.807) is 7.11 Å². The van der Waals surface area contributed by atoms with Crippen LogP contribution in [0.2, 0.25) is 0 Å². The maximum atomic E-state index is 5.41. The van der Waals surface area contributed by atoms with Gasteiger partial charge in [-0.3, -0.25) is 9.97 Å². The van der Waals surface area contributed by atoms with Crippen molar-refractivity contribution in [3.8, 4) is 5.75 Å². The standard InChI is InChI=1S/C19H21N3O/c1-13-11-22-19-16(5-4-6-17(19)23-3)18(13)20-10-9-15-8-7-14(2)21-12-15/h4-8,11-12H,9-10H2,1-3H3,(H,20,22). The second kappa shape index (κ2) is 6.65. The summed E-state index contributed by atoms with van der Waals surface area (Å²) in [7, 11) is 1.67. The molecule has 0 amide bonds. The van der Waals surface area contributed by atoms with Gasteiger partial charge in [-0.25, -0.2) is 0 Å². The molecule has 118 valence electrons. The van der Waals surface area contributed by atoms with Crippen LogP contribution in [0.15, 0.2) is 42.7 Å². The zero-order chi connectivity index (χ0) is 16.2. The Morgan fingerprint density at radius 3 is 2.65 bits per heavy atom. The van der Waals surface area contributed by atoms with Gasteiger partial charge < -0.3 is 10.1 Å². The number of hydrogen-bond donors (Lipinski definition) is 1. The average Bonchev–Trinajstić information content (AvgIpc) is 2.58. The quantitative estimate of drug-likeness (QED) is 0.776. The van der Waals surface area contributed by atoms with Crippen LogP contribution in [0.3, 0.4) is 0 Å². The van der Waals surface area contributed by atoms with Crippen molar-refractivity contribution in [1.82, 2.24) is 9.97 Å². The number of para-hydroxylation sites is 1. The van der Waals surface area contributed by atoms with Gasteiger partial charge in [-0.2, -0.15) is 0 Å². The fraction of sp³-hybridized carbons (Fsp3) is 0.263. The number of aromatic nitrogens is 2. The lowest BCUT2D eigenvalue weighted by atomic mass is 10.1. The molecule has 0 aliphatic rings. The molecule has 2 heterocycles. The molecule has 23 heavy (non-hydrogen) atoms. The van der Waals surface area contributed by atoms with Gasteiger partial charge in [-0.15, -0.1) is 0 Å². The summed E-state index contributed by atoms with van der Waals surface area (Å²) >= 11 is 0. The summed E-state index contributed by atoms with van der Waals surface area (Å²) in [5, 5.41) is 4.64. The van der Waals surface area contributed by atoms with Crippen molar-refractivity contribution < 1.29 is 4.74 Å². The number of rotatable bonds is 5. The number of fused-ring (bicyclic) bond motifs is 1. The van der Waals surface area contributed by atoms with Crippen LogP contribution in [-0.2, 0) is 6.42 Å². The summed E-state index contributed by atoms with van der Waals surface area (Å²) < 4.78 is 5.41. The molecule has 3 rings (SSSR count). The molecule has 3 aromatic rings. The molecule has 0 aliphatic carbocycles. The summed E-state index contributed by atoms with van der Waals surface area (Å²) in [4.78, 5) is 8.85. The number of hydrogen-bond acceptors (Lipinski definition) is 4. The number of methoxy groups -OCH3 is 1. The molecular weight excluding hydrogens is 286 g/mol. The van der Waals surface area contributed by atoms with E-state index in [4.69, 9.17) is 4.74 Å². The van der Waals surface area contributed by atoms with Crippen LogP contribution in [-0.4, -0.2) is 23.6 Å². The van der Waals surface area contributed by atoms with E-state index in [-0.39, 0.29) is 0 Å². The van der Waals surface area contributed by atoms with Gasteiger partial charge in [0, 0.05) is 35.7 Å². The molecule has 4 nitrogen and oxygen atoms in total. The van der Waals surface area contributed by atoms with E-state index < -0.39 is 0 Å². The van der Waals surface area contributed by atoms with E-state index in [1.165, 1.54) is 5.56 Å². The lowest BCUT2D eigenvalue weighted by Crippen LogP contribution is -2.07. The molecule has 0 saturated heterocycles. The molecule has 4 heteroatoms. The van der Waals surface area contributed by atoms with Crippen molar-refractivity contribution in [2.45, 2.75) is 20.3 Å². The van der Waals surface area contributed by atoms with Gasteiger partial charge in [0.15, 0.2) is 0 Å². The minimum Gasteiger partial charge on any atom is -0.494 e. The smallest absolute Gasteiger partial charge is 0.145 e.